The molecule has 1 heteroatoms. The van der Waals surface area contributed by atoms with Gasteiger partial charge in [0.1, 0.15) is 12.8 Å². The van der Waals surface area contributed by atoms with Crippen molar-refractivity contribution in [2.24, 2.45) is 17.8 Å². The molecule has 141 valence electrons. The van der Waals surface area contributed by atoms with E-state index in [0.29, 0.717) is 17.8 Å². The van der Waals surface area contributed by atoms with Gasteiger partial charge in [-0.2, -0.15) is 4.74 Å². The first kappa shape index (κ1) is 18.6. The van der Waals surface area contributed by atoms with Gasteiger partial charge in [-0.3, -0.25) is 0 Å². The Morgan fingerprint density at radius 1 is 0.889 bits per heavy atom. The van der Waals surface area contributed by atoms with Crippen LogP contribution in [0.25, 0.3) is 0 Å². The molecule has 0 heterocycles. The topological polar surface area (TPSA) is 9.23 Å². The molecule has 1 nitrogen and oxygen atoms in total. The van der Waals surface area contributed by atoms with Gasteiger partial charge in [-0.1, -0.05) is 73.5 Å². The van der Waals surface area contributed by atoms with Gasteiger partial charge < -0.3 is 0 Å². The Morgan fingerprint density at radius 3 is 2.07 bits per heavy atom. The normalized spacial score (nSPS) is 27.0. The first-order chi connectivity index (χ1) is 13.3. The number of hydrogen-bond donors (Lipinski definition) is 0. The highest BCUT2D eigenvalue weighted by molar-refractivity contribution is 5.48. The van der Waals surface area contributed by atoms with E-state index in [4.69, 9.17) is 4.74 Å². The van der Waals surface area contributed by atoms with Crippen molar-refractivity contribution in [3.8, 4) is 0 Å². The van der Waals surface area contributed by atoms with Gasteiger partial charge in [-0.25, -0.2) is 0 Å². The van der Waals surface area contributed by atoms with E-state index in [9.17, 15) is 0 Å². The molecule has 0 bridgehead atoms. The molecule has 2 aromatic rings. The molecule has 0 saturated heterocycles. The highest BCUT2D eigenvalue weighted by Crippen LogP contribution is 2.61. The van der Waals surface area contributed by atoms with Gasteiger partial charge >= 0.3 is 0 Å². The van der Waals surface area contributed by atoms with Crippen LogP contribution < -0.4 is 0 Å². The van der Waals surface area contributed by atoms with Crippen molar-refractivity contribution in [2.45, 2.75) is 50.9 Å². The van der Waals surface area contributed by atoms with E-state index in [0.717, 1.165) is 0 Å². The highest BCUT2D eigenvalue weighted by atomic mass is 16.5. The zero-order chi connectivity index (χ0) is 18.7. The van der Waals surface area contributed by atoms with Crippen molar-refractivity contribution >= 4 is 0 Å². The van der Waals surface area contributed by atoms with Crippen LogP contribution in [-0.4, -0.2) is 7.11 Å². The first-order valence-electron chi connectivity index (χ1n) is 10.6. The monoisotopic (exact) mass is 360 g/mol. The van der Waals surface area contributed by atoms with Gasteiger partial charge in [-0.05, 0) is 49.1 Å². The van der Waals surface area contributed by atoms with E-state index >= 15 is 0 Å². The fraction of sp³-hybridized carbons (Fsp3) is 0.462. The van der Waals surface area contributed by atoms with Crippen molar-refractivity contribution < 1.29 is 4.74 Å². The number of rotatable bonds is 6. The van der Waals surface area contributed by atoms with E-state index in [1.54, 1.807) is 0 Å². The molecule has 1 radical (unpaired) electrons. The average molecular weight is 361 g/mol. The highest BCUT2D eigenvalue weighted by Gasteiger charge is 2.57. The lowest BCUT2D eigenvalue weighted by atomic mass is 9.77. The van der Waals surface area contributed by atoms with Gasteiger partial charge in [0.05, 0.1) is 7.11 Å². The fourth-order valence-electron chi connectivity index (χ4n) is 5.34. The molecule has 4 rings (SSSR count). The molecular weight excluding hydrogens is 328 g/mol. The van der Waals surface area contributed by atoms with Crippen molar-refractivity contribution in [1.82, 2.24) is 0 Å². The van der Waals surface area contributed by atoms with E-state index in [2.05, 4.69) is 74.0 Å². The summed E-state index contributed by atoms with van der Waals surface area (Å²) in [5, 5.41) is 0. The van der Waals surface area contributed by atoms with Crippen LogP contribution in [0.2, 0.25) is 0 Å². The number of ether oxygens (including phenoxy) is 1. The molecule has 0 amide bonds. The maximum Gasteiger partial charge on any atom is 0.240 e. The standard InChI is InChI=1S/C26H32O/c1-20(27-2)25-17-11-3-6-12-21(25)18-24-19-26(24,22-13-7-4-8-14-22)23-15-9-5-10-16-23/h4-5,7-10,13-16,18,21,24-25H,3,6,11-12,17,19H2,1-2H3/q+1. The second-order valence-electron chi connectivity index (χ2n) is 8.43. The van der Waals surface area contributed by atoms with Gasteiger partial charge in [0.2, 0.25) is 6.10 Å². The van der Waals surface area contributed by atoms with Crippen LogP contribution in [-0.2, 0) is 10.2 Å². The largest absolute Gasteiger partial charge is 0.240 e. The minimum atomic E-state index is 0.167. The Labute approximate surface area is 165 Å². The molecule has 0 aromatic heterocycles. The minimum absolute atomic E-state index is 0.167. The van der Waals surface area contributed by atoms with Crippen LogP contribution in [0.3, 0.4) is 0 Å². The van der Waals surface area contributed by atoms with Crippen LogP contribution in [0.15, 0.2) is 60.7 Å². The van der Waals surface area contributed by atoms with Crippen molar-refractivity contribution in [1.29, 1.82) is 0 Å². The summed E-state index contributed by atoms with van der Waals surface area (Å²) in [4.78, 5) is 0. The SMILES string of the molecule is CO[C+](C)C1CCCCCC1[CH]C1CC1(c1ccccc1)c1ccccc1. The molecule has 27 heavy (non-hydrogen) atoms. The summed E-state index contributed by atoms with van der Waals surface area (Å²) in [5.41, 5.74) is 3.10. The molecule has 2 aliphatic rings. The maximum absolute atomic E-state index is 5.70. The fourth-order valence-corrected chi connectivity index (χ4v) is 5.34. The first-order valence-corrected chi connectivity index (χ1v) is 10.6. The molecule has 2 aliphatic carbocycles. The lowest BCUT2D eigenvalue weighted by molar-refractivity contribution is 0.133. The van der Waals surface area contributed by atoms with Gasteiger partial charge in [0.25, 0.3) is 0 Å². The van der Waals surface area contributed by atoms with Crippen LogP contribution in [0, 0.1) is 30.3 Å². The van der Waals surface area contributed by atoms with E-state index in [-0.39, 0.29) is 5.41 Å². The molecular formula is C26H32O+. The molecule has 2 fully saturated rings. The van der Waals surface area contributed by atoms with Crippen LogP contribution in [0.4, 0.5) is 0 Å². The lowest BCUT2D eigenvalue weighted by Crippen LogP contribution is -2.23. The Morgan fingerprint density at radius 2 is 1.48 bits per heavy atom. The molecule has 2 saturated carbocycles. The van der Waals surface area contributed by atoms with Gasteiger partial charge in [0.15, 0.2) is 0 Å². The van der Waals surface area contributed by atoms with E-state index < -0.39 is 0 Å². The molecule has 3 atom stereocenters. The molecule has 0 aliphatic heterocycles. The summed E-state index contributed by atoms with van der Waals surface area (Å²) in [5.74, 6) is 1.85. The summed E-state index contributed by atoms with van der Waals surface area (Å²) in [6, 6.07) is 22.3. The van der Waals surface area contributed by atoms with Crippen molar-refractivity contribution in [3.63, 3.8) is 0 Å². The number of benzene rings is 2. The quantitative estimate of drug-likeness (QED) is 0.417. The van der Waals surface area contributed by atoms with Gasteiger partial charge in [-0.15, -0.1) is 0 Å². The second-order valence-corrected chi connectivity index (χ2v) is 8.43. The molecule has 3 unspecified atom stereocenters. The van der Waals surface area contributed by atoms with Gasteiger partial charge in [0, 0.05) is 11.3 Å². The maximum atomic E-state index is 5.70. The third kappa shape index (κ3) is 3.67. The Kier molecular flexibility index (Phi) is 5.59. The lowest BCUT2D eigenvalue weighted by Gasteiger charge is -2.24. The molecule has 0 spiro atoms. The summed E-state index contributed by atoms with van der Waals surface area (Å²) in [6.07, 6.45) is 11.8. The Hall–Kier alpha value is -1.73. The van der Waals surface area contributed by atoms with E-state index in [1.165, 1.54) is 55.8 Å². The van der Waals surface area contributed by atoms with Crippen molar-refractivity contribution in [2.75, 3.05) is 7.11 Å². The summed E-state index contributed by atoms with van der Waals surface area (Å²) >= 11 is 0. The van der Waals surface area contributed by atoms with Crippen LogP contribution in [0.5, 0.6) is 0 Å². The van der Waals surface area contributed by atoms with Crippen LogP contribution >= 0.6 is 0 Å². The third-order valence-corrected chi connectivity index (χ3v) is 6.99. The summed E-state index contributed by atoms with van der Waals surface area (Å²) < 4.78 is 5.70. The number of hydrogen-bond acceptors (Lipinski definition) is 1. The minimum Gasteiger partial charge on any atom is -0.197 e. The van der Waals surface area contributed by atoms with E-state index in [1.807, 2.05) is 7.11 Å². The number of methoxy groups -OCH3 is 1. The average Bonchev–Trinajstić information content (AvgIpc) is 3.49. The molecule has 2 aromatic carbocycles. The second kappa shape index (κ2) is 8.10. The zero-order valence-electron chi connectivity index (χ0n) is 16.7. The van der Waals surface area contributed by atoms with Crippen LogP contribution in [0.1, 0.15) is 56.6 Å². The third-order valence-electron chi connectivity index (χ3n) is 6.99. The smallest absolute Gasteiger partial charge is 0.197 e. The summed E-state index contributed by atoms with van der Waals surface area (Å²) in [7, 11) is 1.84. The van der Waals surface area contributed by atoms with Crippen molar-refractivity contribution in [3.05, 3.63) is 84.3 Å². The predicted octanol–water partition coefficient (Wildman–Crippen LogP) is 6.59. The molecule has 0 N–H and O–H groups in total. The predicted molar refractivity (Wildman–Crippen MR) is 112 cm³/mol. The Balaban J connectivity index is 1.60. The zero-order valence-corrected chi connectivity index (χ0v) is 16.7. The summed E-state index contributed by atoms with van der Waals surface area (Å²) in [6.45, 7) is 2.19. The Bertz CT molecular complexity index is 668.